The van der Waals surface area contributed by atoms with Crippen molar-refractivity contribution >= 4 is 44.6 Å². The molecular weight excluding hydrogens is 799 g/mol. The first-order valence-electron chi connectivity index (χ1n) is 23.0. The molecule has 0 aliphatic heterocycles. The van der Waals surface area contributed by atoms with Crippen LogP contribution in [-0.2, 0) is 5.41 Å². The van der Waals surface area contributed by atoms with Crippen LogP contribution in [0.25, 0.3) is 83.1 Å². The van der Waals surface area contributed by atoms with Gasteiger partial charge in [0.1, 0.15) is 11.2 Å². The summed E-state index contributed by atoms with van der Waals surface area (Å²) in [6.07, 6.45) is 11.9. The van der Waals surface area contributed by atoms with E-state index in [0.29, 0.717) is 0 Å². The second-order valence-corrected chi connectivity index (χ2v) is 18.0. The van der Waals surface area contributed by atoms with Gasteiger partial charge in [-0.3, -0.25) is 0 Å². The third-order valence-electron chi connectivity index (χ3n) is 13.8. The minimum Gasteiger partial charge on any atom is -0.455 e. The van der Waals surface area contributed by atoms with E-state index in [2.05, 4.69) is 243 Å². The summed E-state index contributed by atoms with van der Waals surface area (Å²) in [6, 6.07) is 75.4. The van der Waals surface area contributed by atoms with E-state index in [-0.39, 0.29) is 5.41 Å². The van der Waals surface area contributed by atoms with Gasteiger partial charge in [0.2, 0.25) is 0 Å². The maximum Gasteiger partial charge on any atom is 0.143 e. The van der Waals surface area contributed by atoms with Gasteiger partial charge in [0, 0.05) is 38.8 Å². The van der Waals surface area contributed by atoms with Crippen LogP contribution in [-0.4, -0.2) is 0 Å². The standard InChI is InChI=1S/C64H47NO/c1-64(2)60-23-12-10-19-55(60)56-40-38-52(42-61(56)64)65(50-34-29-45(30-35-50)43-15-6-3-4-7-16-43)51-36-31-46(32-37-51)53-39-33-49(44-17-8-5-9-18-44)41-59(53)48-27-25-47(26-28-48)54-21-14-22-58-57-20-11-13-24-62(57)66-63(54)58/h3-6,8-42H,7H2,1-2H3. The molecule has 2 aliphatic rings. The summed E-state index contributed by atoms with van der Waals surface area (Å²) in [6.45, 7) is 4.71. The molecule has 2 aliphatic carbocycles. The minimum absolute atomic E-state index is 0.116. The second kappa shape index (κ2) is 16.1. The van der Waals surface area contributed by atoms with E-state index in [1.807, 2.05) is 12.1 Å². The summed E-state index contributed by atoms with van der Waals surface area (Å²) in [5.41, 5.74) is 22.2. The van der Waals surface area contributed by atoms with Gasteiger partial charge < -0.3 is 9.32 Å². The summed E-state index contributed by atoms with van der Waals surface area (Å²) in [4.78, 5) is 2.41. The highest BCUT2D eigenvalue weighted by atomic mass is 16.3. The summed E-state index contributed by atoms with van der Waals surface area (Å²) >= 11 is 0. The molecule has 0 spiro atoms. The van der Waals surface area contributed by atoms with Crippen molar-refractivity contribution in [3.8, 4) is 55.6 Å². The molecule has 0 amide bonds. The molecular formula is C64H47NO. The van der Waals surface area contributed by atoms with Crippen molar-refractivity contribution in [3.63, 3.8) is 0 Å². The van der Waals surface area contributed by atoms with Gasteiger partial charge in [-0.1, -0.05) is 202 Å². The van der Waals surface area contributed by atoms with Crippen LogP contribution >= 0.6 is 0 Å². The Bertz CT molecular complexity index is 3550. The largest absolute Gasteiger partial charge is 0.455 e. The first-order chi connectivity index (χ1) is 32.5. The van der Waals surface area contributed by atoms with Crippen LogP contribution in [0.4, 0.5) is 17.1 Å². The molecule has 1 aromatic heterocycles. The van der Waals surface area contributed by atoms with Crippen LogP contribution in [0.5, 0.6) is 0 Å². The number of hydrogen-bond donors (Lipinski definition) is 0. The molecule has 0 radical (unpaired) electrons. The quantitative estimate of drug-likeness (QED) is 0.151. The molecule has 0 fully saturated rings. The molecule has 2 heteroatoms. The van der Waals surface area contributed by atoms with Gasteiger partial charge >= 0.3 is 0 Å². The highest BCUT2D eigenvalue weighted by Crippen LogP contribution is 2.51. The van der Waals surface area contributed by atoms with Crippen molar-refractivity contribution in [1.29, 1.82) is 0 Å². The van der Waals surface area contributed by atoms with E-state index in [4.69, 9.17) is 4.42 Å². The lowest BCUT2D eigenvalue weighted by Gasteiger charge is -2.28. The van der Waals surface area contributed by atoms with Gasteiger partial charge in [-0.05, 0) is 127 Å². The molecule has 10 aromatic rings. The van der Waals surface area contributed by atoms with Crippen LogP contribution in [0.2, 0.25) is 0 Å². The number of para-hydroxylation sites is 2. The number of allylic oxidation sites excluding steroid dienone is 6. The Balaban J connectivity index is 0.944. The molecule has 0 saturated heterocycles. The zero-order valence-corrected chi connectivity index (χ0v) is 37.1. The zero-order chi connectivity index (χ0) is 44.2. The minimum atomic E-state index is -0.116. The Morgan fingerprint density at radius 2 is 1.00 bits per heavy atom. The van der Waals surface area contributed by atoms with Crippen molar-refractivity contribution in [2.24, 2.45) is 0 Å². The molecule has 0 saturated carbocycles. The number of fused-ring (bicyclic) bond motifs is 6. The van der Waals surface area contributed by atoms with Crippen molar-refractivity contribution in [2.45, 2.75) is 25.7 Å². The predicted molar refractivity (Wildman–Crippen MR) is 279 cm³/mol. The van der Waals surface area contributed by atoms with Gasteiger partial charge in [0.05, 0.1) is 0 Å². The first-order valence-corrected chi connectivity index (χ1v) is 23.0. The van der Waals surface area contributed by atoms with Gasteiger partial charge in [-0.25, -0.2) is 0 Å². The van der Waals surface area contributed by atoms with E-state index in [1.54, 1.807) is 0 Å². The number of furan rings is 1. The smallest absolute Gasteiger partial charge is 0.143 e. The molecule has 66 heavy (non-hydrogen) atoms. The van der Waals surface area contributed by atoms with Crippen LogP contribution in [0.15, 0.2) is 241 Å². The number of rotatable bonds is 8. The maximum atomic E-state index is 6.44. The number of benzene rings is 9. The summed E-state index contributed by atoms with van der Waals surface area (Å²) < 4.78 is 6.44. The zero-order valence-electron chi connectivity index (χ0n) is 37.1. The van der Waals surface area contributed by atoms with E-state index in [0.717, 1.165) is 67.7 Å². The van der Waals surface area contributed by atoms with Crippen molar-refractivity contribution in [1.82, 2.24) is 0 Å². The maximum absolute atomic E-state index is 6.44. The van der Waals surface area contributed by atoms with Gasteiger partial charge in [-0.2, -0.15) is 0 Å². The van der Waals surface area contributed by atoms with Gasteiger partial charge in [0.25, 0.3) is 0 Å². The molecule has 0 unspecified atom stereocenters. The summed E-state index contributed by atoms with van der Waals surface area (Å²) in [5.74, 6) is 0. The molecule has 314 valence electrons. The Labute approximate surface area is 386 Å². The lowest BCUT2D eigenvalue weighted by molar-refractivity contribution is 0.660. The average molecular weight is 846 g/mol. The van der Waals surface area contributed by atoms with Crippen molar-refractivity contribution < 1.29 is 4.42 Å². The van der Waals surface area contributed by atoms with E-state index < -0.39 is 0 Å². The Hall–Kier alpha value is -8.20. The second-order valence-electron chi connectivity index (χ2n) is 18.0. The Morgan fingerprint density at radius 1 is 0.409 bits per heavy atom. The average Bonchev–Trinajstić information content (AvgIpc) is 3.70. The topological polar surface area (TPSA) is 16.4 Å². The molecule has 2 nitrogen and oxygen atoms in total. The first kappa shape index (κ1) is 39.4. The summed E-state index contributed by atoms with van der Waals surface area (Å²) in [5, 5.41) is 2.28. The molecule has 1 heterocycles. The lowest BCUT2D eigenvalue weighted by atomic mass is 9.82. The van der Waals surface area contributed by atoms with Crippen molar-refractivity contribution in [3.05, 3.63) is 253 Å². The van der Waals surface area contributed by atoms with Crippen LogP contribution < -0.4 is 4.90 Å². The number of nitrogens with zero attached hydrogens (tertiary/aromatic N) is 1. The highest BCUT2D eigenvalue weighted by molar-refractivity contribution is 6.09. The van der Waals surface area contributed by atoms with Crippen LogP contribution in [0.1, 0.15) is 37.0 Å². The van der Waals surface area contributed by atoms with E-state index in [9.17, 15) is 0 Å². The highest BCUT2D eigenvalue weighted by Gasteiger charge is 2.35. The van der Waals surface area contributed by atoms with E-state index >= 15 is 0 Å². The van der Waals surface area contributed by atoms with Crippen molar-refractivity contribution in [2.75, 3.05) is 4.90 Å². The summed E-state index contributed by atoms with van der Waals surface area (Å²) in [7, 11) is 0. The van der Waals surface area contributed by atoms with Crippen LogP contribution in [0.3, 0.4) is 0 Å². The fourth-order valence-corrected chi connectivity index (χ4v) is 10.3. The molecule has 12 rings (SSSR count). The van der Waals surface area contributed by atoms with Gasteiger partial charge in [0.15, 0.2) is 0 Å². The fourth-order valence-electron chi connectivity index (χ4n) is 10.3. The third-order valence-corrected chi connectivity index (χ3v) is 13.8. The molecule has 0 atom stereocenters. The SMILES string of the molecule is CC1(C)c2ccccc2-c2ccc(N(c3ccc(C4=CCC=CC=C4)cc3)c3ccc(-c4ccc(-c5ccccc5)cc4-c4ccc(-c5cccc6c5oc5ccccc56)cc4)cc3)cc21. The Kier molecular flexibility index (Phi) is 9.61. The normalized spacial score (nSPS) is 13.6. The Morgan fingerprint density at radius 3 is 1.80 bits per heavy atom. The van der Waals surface area contributed by atoms with Crippen LogP contribution in [0, 0.1) is 0 Å². The van der Waals surface area contributed by atoms with E-state index in [1.165, 1.54) is 55.6 Å². The third kappa shape index (κ3) is 6.82. The molecule has 0 N–H and O–H groups in total. The number of anilines is 3. The number of hydrogen-bond acceptors (Lipinski definition) is 2. The predicted octanol–water partition coefficient (Wildman–Crippen LogP) is 17.9. The molecule has 9 aromatic carbocycles. The molecule has 0 bridgehead atoms. The lowest BCUT2D eigenvalue weighted by Crippen LogP contribution is -2.16. The van der Waals surface area contributed by atoms with Gasteiger partial charge in [-0.15, -0.1) is 0 Å². The monoisotopic (exact) mass is 845 g/mol. The fraction of sp³-hybridized carbons (Fsp3) is 0.0625.